The van der Waals surface area contributed by atoms with E-state index in [4.69, 9.17) is 17.0 Å². The van der Waals surface area contributed by atoms with Gasteiger partial charge in [0.1, 0.15) is 11.8 Å². The van der Waals surface area contributed by atoms with Crippen molar-refractivity contribution in [2.45, 2.75) is 6.92 Å². The quantitative estimate of drug-likeness (QED) is 0.836. The molecule has 1 aliphatic rings. The van der Waals surface area contributed by atoms with Crippen molar-refractivity contribution in [2.75, 3.05) is 43.0 Å². The lowest BCUT2D eigenvalue weighted by atomic mass is 10.1. The van der Waals surface area contributed by atoms with E-state index in [1.807, 2.05) is 55.5 Å². The number of nitriles is 1. The van der Waals surface area contributed by atoms with Crippen LogP contribution in [0.15, 0.2) is 48.5 Å². The summed E-state index contributed by atoms with van der Waals surface area (Å²) >= 11 is 5.59. The summed E-state index contributed by atoms with van der Waals surface area (Å²) in [7, 11) is 0. The number of piperazine rings is 1. The third-order valence-corrected chi connectivity index (χ3v) is 4.72. The molecule has 1 aliphatic heterocycles. The van der Waals surface area contributed by atoms with Crippen molar-refractivity contribution < 1.29 is 4.74 Å². The largest absolute Gasteiger partial charge is 0.492 e. The molecule has 1 heterocycles. The van der Waals surface area contributed by atoms with Gasteiger partial charge in [-0.1, -0.05) is 24.3 Å². The first-order valence-electron chi connectivity index (χ1n) is 8.74. The van der Waals surface area contributed by atoms with E-state index >= 15 is 0 Å². The maximum Gasteiger partial charge on any atom is 0.173 e. The molecule has 0 spiro atoms. The highest BCUT2D eigenvalue weighted by Gasteiger charge is 2.21. The number of rotatable bonds is 4. The molecule has 1 fully saturated rings. The summed E-state index contributed by atoms with van der Waals surface area (Å²) in [5.74, 6) is 0.805. The van der Waals surface area contributed by atoms with E-state index in [1.165, 1.54) is 0 Å². The van der Waals surface area contributed by atoms with Gasteiger partial charge in [-0.15, -0.1) is 0 Å². The molecule has 2 aromatic carbocycles. The fourth-order valence-corrected chi connectivity index (χ4v) is 3.33. The number of thiocarbonyl (C=S) groups is 1. The SMILES string of the molecule is CCOc1ccccc1NC(=S)N1CCN(c2ccccc2C#N)CC1. The van der Waals surface area contributed by atoms with Crippen LogP contribution in [0, 0.1) is 11.3 Å². The summed E-state index contributed by atoms with van der Waals surface area (Å²) in [4.78, 5) is 4.40. The van der Waals surface area contributed by atoms with Crippen LogP contribution in [0.5, 0.6) is 5.75 Å². The molecule has 1 N–H and O–H groups in total. The van der Waals surface area contributed by atoms with Crippen LogP contribution < -0.4 is 15.0 Å². The zero-order valence-corrected chi connectivity index (χ0v) is 15.6. The number of ether oxygens (including phenoxy) is 1. The Balaban J connectivity index is 1.62. The maximum atomic E-state index is 9.29. The fourth-order valence-electron chi connectivity index (χ4n) is 3.04. The molecule has 134 valence electrons. The van der Waals surface area contributed by atoms with Gasteiger partial charge in [-0.05, 0) is 43.4 Å². The minimum atomic E-state index is 0.614. The number of nitrogens with zero attached hydrogens (tertiary/aromatic N) is 3. The molecule has 26 heavy (non-hydrogen) atoms. The van der Waals surface area contributed by atoms with Gasteiger partial charge in [-0.3, -0.25) is 0 Å². The van der Waals surface area contributed by atoms with Crippen LogP contribution in [0.2, 0.25) is 0 Å². The number of hydrogen-bond acceptors (Lipinski definition) is 4. The van der Waals surface area contributed by atoms with Crippen LogP contribution in [-0.2, 0) is 0 Å². The predicted octanol–water partition coefficient (Wildman–Crippen LogP) is 3.48. The summed E-state index contributed by atoms with van der Waals surface area (Å²) < 4.78 is 5.65. The topological polar surface area (TPSA) is 51.5 Å². The molecular weight excluding hydrogens is 344 g/mol. The van der Waals surface area contributed by atoms with Gasteiger partial charge in [-0.25, -0.2) is 0 Å². The third-order valence-electron chi connectivity index (χ3n) is 4.36. The van der Waals surface area contributed by atoms with Crippen molar-refractivity contribution in [3.05, 3.63) is 54.1 Å². The van der Waals surface area contributed by atoms with Crippen LogP contribution in [0.25, 0.3) is 0 Å². The second kappa shape index (κ2) is 8.54. The van der Waals surface area contributed by atoms with Crippen molar-refractivity contribution in [1.29, 1.82) is 5.26 Å². The Morgan fingerprint density at radius 1 is 1.12 bits per heavy atom. The molecule has 1 saturated heterocycles. The molecule has 0 unspecified atom stereocenters. The van der Waals surface area contributed by atoms with Gasteiger partial charge in [0.15, 0.2) is 5.11 Å². The van der Waals surface area contributed by atoms with Crippen molar-refractivity contribution in [3.8, 4) is 11.8 Å². The minimum absolute atomic E-state index is 0.614. The lowest BCUT2D eigenvalue weighted by Crippen LogP contribution is -2.50. The van der Waals surface area contributed by atoms with Gasteiger partial charge in [0.05, 0.1) is 23.5 Å². The third kappa shape index (κ3) is 4.06. The predicted molar refractivity (Wildman–Crippen MR) is 109 cm³/mol. The lowest BCUT2D eigenvalue weighted by molar-refractivity contribution is 0.341. The zero-order valence-electron chi connectivity index (χ0n) is 14.8. The fraction of sp³-hybridized carbons (Fsp3) is 0.300. The van der Waals surface area contributed by atoms with E-state index in [-0.39, 0.29) is 0 Å². The van der Waals surface area contributed by atoms with Crippen molar-refractivity contribution in [2.24, 2.45) is 0 Å². The highest BCUT2D eigenvalue weighted by molar-refractivity contribution is 7.80. The number of hydrogen-bond donors (Lipinski definition) is 1. The van der Waals surface area contributed by atoms with E-state index in [9.17, 15) is 5.26 Å². The average Bonchev–Trinajstić information content (AvgIpc) is 2.69. The molecule has 0 bridgehead atoms. The average molecular weight is 366 g/mol. The Kier molecular flexibility index (Phi) is 5.92. The molecular formula is C20H22N4OS. The summed E-state index contributed by atoms with van der Waals surface area (Å²) in [6, 6.07) is 17.8. The van der Waals surface area contributed by atoms with Gasteiger partial charge in [0, 0.05) is 26.2 Å². The molecule has 0 radical (unpaired) electrons. The number of anilines is 2. The van der Waals surface area contributed by atoms with Gasteiger partial charge < -0.3 is 19.9 Å². The van der Waals surface area contributed by atoms with E-state index in [0.717, 1.165) is 43.3 Å². The van der Waals surface area contributed by atoms with Gasteiger partial charge >= 0.3 is 0 Å². The van der Waals surface area contributed by atoms with Crippen molar-refractivity contribution >= 4 is 28.7 Å². The Morgan fingerprint density at radius 2 is 1.81 bits per heavy atom. The van der Waals surface area contributed by atoms with Crippen molar-refractivity contribution in [1.82, 2.24) is 4.90 Å². The van der Waals surface area contributed by atoms with Gasteiger partial charge in [-0.2, -0.15) is 5.26 Å². The van der Waals surface area contributed by atoms with Gasteiger partial charge in [0.2, 0.25) is 0 Å². The van der Waals surface area contributed by atoms with E-state index < -0.39 is 0 Å². The first-order chi connectivity index (χ1) is 12.7. The monoisotopic (exact) mass is 366 g/mol. The van der Waals surface area contributed by atoms with Crippen LogP contribution in [0.3, 0.4) is 0 Å². The summed E-state index contributed by atoms with van der Waals surface area (Å²) in [6.45, 7) is 5.85. The molecule has 2 aromatic rings. The summed E-state index contributed by atoms with van der Waals surface area (Å²) in [5.41, 5.74) is 2.60. The molecule has 0 aliphatic carbocycles. The van der Waals surface area contributed by atoms with Gasteiger partial charge in [0.25, 0.3) is 0 Å². The Labute approximate surface area is 159 Å². The Bertz CT molecular complexity index is 809. The minimum Gasteiger partial charge on any atom is -0.492 e. The van der Waals surface area contributed by atoms with Crippen LogP contribution in [0.1, 0.15) is 12.5 Å². The zero-order chi connectivity index (χ0) is 18.4. The number of benzene rings is 2. The lowest BCUT2D eigenvalue weighted by Gasteiger charge is -2.37. The highest BCUT2D eigenvalue weighted by atomic mass is 32.1. The first kappa shape index (κ1) is 18.0. The molecule has 0 saturated carbocycles. The first-order valence-corrected chi connectivity index (χ1v) is 9.15. The molecule has 0 amide bonds. The smallest absolute Gasteiger partial charge is 0.173 e. The second-order valence-electron chi connectivity index (χ2n) is 5.96. The van der Waals surface area contributed by atoms with Crippen LogP contribution >= 0.6 is 12.2 Å². The van der Waals surface area contributed by atoms with Crippen LogP contribution in [-0.4, -0.2) is 42.8 Å². The molecule has 0 aromatic heterocycles. The molecule has 3 rings (SSSR count). The van der Waals surface area contributed by atoms with E-state index in [1.54, 1.807) is 0 Å². The highest BCUT2D eigenvalue weighted by Crippen LogP contribution is 2.25. The van der Waals surface area contributed by atoms with E-state index in [2.05, 4.69) is 21.2 Å². The molecule has 6 heteroatoms. The Morgan fingerprint density at radius 3 is 2.54 bits per heavy atom. The summed E-state index contributed by atoms with van der Waals surface area (Å²) in [6.07, 6.45) is 0. The standard InChI is InChI=1S/C20H22N4OS/c1-2-25-19-10-6-4-8-17(19)22-20(26)24-13-11-23(12-14-24)18-9-5-3-7-16(18)15-21/h3-10H,2,11-14H2,1H3,(H,22,26). The second-order valence-corrected chi connectivity index (χ2v) is 6.35. The van der Waals surface area contributed by atoms with E-state index in [0.29, 0.717) is 17.3 Å². The Hall–Kier alpha value is -2.78. The van der Waals surface area contributed by atoms with Crippen LogP contribution in [0.4, 0.5) is 11.4 Å². The molecule has 0 atom stereocenters. The number of para-hydroxylation sites is 3. The molecule has 5 nitrogen and oxygen atoms in total. The normalized spacial score (nSPS) is 13.8. The van der Waals surface area contributed by atoms with Crippen molar-refractivity contribution in [3.63, 3.8) is 0 Å². The summed E-state index contributed by atoms with van der Waals surface area (Å²) in [5, 5.41) is 13.3. The number of nitrogens with one attached hydrogen (secondary N) is 1. The maximum absolute atomic E-state index is 9.29.